The molecule has 122 valence electrons. The van der Waals surface area contributed by atoms with E-state index in [9.17, 15) is 4.79 Å². The molecule has 2 fully saturated rings. The number of rotatable bonds is 4. The number of hydrogen-bond acceptors (Lipinski definition) is 4. The molecule has 0 spiro atoms. The number of carbonyl (C=O) groups is 1. The maximum Gasteiger partial charge on any atom is 0.249 e. The monoisotopic (exact) mass is 331 g/mol. The summed E-state index contributed by atoms with van der Waals surface area (Å²) in [6, 6.07) is 6.25. The molecule has 1 amide bonds. The summed E-state index contributed by atoms with van der Waals surface area (Å²) in [7, 11) is 0. The number of morpholine rings is 1. The zero-order chi connectivity index (χ0) is 16.4. The van der Waals surface area contributed by atoms with E-state index in [0.29, 0.717) is 18.2 Å². The molecule has 0 N–H and O–H groups in total. The predicted octanol–water partition coefficient (Wildman–Crippen LogP) is 1.95. The zero-order valence-corrected chi connectivity index (χ0v) is 14.1. The third-order valence-corrected chi connectivity index (χ3v) is 4.65. The fourth-order valence-corrected chi connectivity index (χ4v) is 3.36. The normalized spacial score (nSPS) is 18.7. The highest BCUT2D eigenvalue weighted by atomic mass is 32.1. The molecule has 23 heavy (non-hydrogen) atoms. The largest absolute Gasteiger partial charge is 0.378 e. The Morgan fingerprint density at radius 2 is 2.09 bits per heavy atom. The Morgan fingerprint density at radius 1 is 1.35 bits per heavy atom. The van der Waals surface area contributed by atoms with Crippen LogP contribution < -0.4 is 9.80 Å². The van der Waals surface area contributed by atoms with Gasteiger partial charge in [0.05, 0.1) is 13.2 Å². The third-order valence-electron chi connectivity index (χ3n) is 4.21. The molecule has 2 aliphatic heterocycles. The number of anilines is 2. The maximum absolute atomic E-state index is 12.1. The molecule has 1 aromatic carbocycles. The summed E-state index contributed by atoms with van der Waals surface area (Å²) in [5.74, 6) is 0.0183. The maximum atomic E-state index is 12.1. The number of ether oxygens (including phenoxy) is 1. The van der Waals surface area contributed by atoms with Crippen molar-refractivity contribution in [3.8, 4) is 0 Å². The molecule has 5 nitrogen and oxygen atoms in total. The number of thiocarbonyl (C=S) groups is 1. The first-order valence-corrected chi connectivity index (χ1v) is 8.18. The molecular weight excluding hydrogens is 310 g/mol. The van der Waals surface area contributed by atoms with Crippen LogP contribution in [0.25, 0.3) is 0 Å². The van der Waals surface area contributed by atoms with E-state index in [1.807, 2.05) is 11.0 Å². The van der Waals surface area contributed by atoms with Gasteiger partial charge < -0.3 is 14.5 Å². The molecule has 0 atom stereocenters. The molecule has 0 aliphatic carbocycles. The Morgan fingerprint density at radius 3 is 2.74 bits per heavy atom. The number of nitrogens with zero attached hydrogens (tertiary/aromatic N) is 3. The van der Waals surface area contributed by atoms with Gasteiger partial charge in [-0.3, -0.25) is 9.69 Å². The van der Waals surface area contributed by atoms with Crippen molar-refractivity contribution < 1.29 is 9.53 Å². The zero-order valence-electron chi connectivity index (χ0n) is 13.3. The number of aryl methyl sites for hydroxylation is 1. The Hall–Kier alpha value is -1.92. The summed E-state index contributed by atoms with van der Waals surface area (Å²) in [5, 5.41) is 0.549. The minimum absolute atomic E-state index is 0.0183. The molecule has 0 bridgehead atoms. The number of carbonyl (C=O) groups excluding carboxylic acids is 1. The fraction of sp³-hybridized carbons (Fsp3) is 0.412. The van der Waals surface area contributed by atoms with Gasteiger partial charge in [0.1, 0.15) is 6.54 Å². The molecule has 2 saturated heterocycles. The minimum Gasteiger partial charge on any atom is -0.378 e. The third kappa shape index (κ3) is 3.09. The van der Waals surface area contributed by atoms with E-state index in [-0.39, 0.29) is 5.91 Å². The molecule has 3 rings (SSSR count). The molecule has 0 unspecified atom stereocenters. The van der Waals surface area contributed by atoms with Crippen LogP contribution in [-0.2, 0) is 9.53 Å². The first-order valence-electron chi connectivity index (χ1n) is 7.78. The van der Waals surface area contributed by atoms with Crippen LogP contribution in [0.5, 0.6) is 0 Å². The summed E-state index contributed by atoms with van der Waals surface area (Å²) in [6.45, 7) is 9.88. The van der Waals surface area contributed by atoms with Crippen LogP contribution in [0.15, 0.2) is 30.9 Å². The van der Waals surface area contributed by atoms with Crippen molar-refractivity contribution in [2.24, 2.45) is 0 Å². The van der Waals surface area contributed by atoms with Crippen molar-refractivity contribution >= 4 is 34.6 Å². The smallest absolute Gasteiger partial charge is 0.249 e. The van der Waals surface area contributed by atoms with Gasteiger partial charge >= 0.3 is 0 Å². The topological polar surface area (TPSA) is 36.0 Å². The molecule has 6 heteroatoms. The van der Waals surface area contributed by atoms with E-state index in [0.717, 1.165) is 32.0 Å². The molecule has 2 aliphatic rings. The average Bonchev–Trinajstić information content (AvgIpc) is 2.84. The summed E-state index contributed by atoms with van der Waals surface area (Å²) in [4.78, 5) is 17.9. The first-order chi connectivity index (χ1) is 11.1. The van der Waals surface area contributed by atoms with E-state index in [1.165, 1.54) is 11.3 Å². The van der Waals surface area contributed by atoms with E-state index >= 15 is 0 Å². The van der Waals surface area contributed by atoms with Crippen LogP contribution in [0.4, 0.5) is 11.4 Å². The van der Waals surface area contributed by atoms with Gasteiger partial charge in [-0.25, -0.2) is 0 Å². The van der Waals surface area contributed by atoms with E-state index < -0.39 is 0 Å². The van der Waals surface area contributed by atoms with E-state index in [1.54, 1.807) is 11.0 Å². The van der Waals surface area contributed by atoms with Crippen molar-refractivity contribution in [2.75, 3.05) is 49.2 Å². The van der Waals surface area contributed by atoms with Gasteiger partial charge in [0, 0.05) is 31.0 Å². The minimum atomic E-state index is 0.0183. The second kappa shape index (κ2) is 6.68. The van der Waals surface area contributed by atoms with Gasteiger partial charge in [-0.1, -0.05) is 6.08 Å². The van der Waals surface area contributed by atoms with Gasteiger partial charge in [0.2, 0.25) is 5.91 Å². The van der Waals surface area contributed by atoms with Crippen molar-refractivity contribution in [2.45, 2.75) is 6.92 Å². The van der Waals surface area contributed by atoms with Gasteiger partial charge in [-0.2, -0.15) is 0 Å². The van der Waals surface area contributed by atoms with Crippen LogP contribution in [-0.4, -0.2) is 55.3 Å². The highest BCUT2D eigenvalue weighted by Gasteiger charge is 2.32. The Bertz CT molecular complexity index is 641. The molecule has 2 heterocycles. The Labute approximate surface area is 142 Å². The van der Waals surface area contributed by atoms with Crippen molar-refractivity contribution in [1.29, 1.82) is 0 Å². The average molecular weight is 331 g/mol. The van der Waals surface area contributed by atoms with Gasteiger partial charge in [-0.15, -0.1) is 6.58 Å². The lowest BCUT2D eigenvalue weighted by Crippen LogP contribution is -2.36. The lowest BCUT2D eigenvalue weighted by molar-refractivity contribution is -0.124. The fourth-order valence-electron chi connectivity index (χ4n) is 3.02. The van der Waals surface area contributed by atoms with Crippen molar-refractivity contribution in [3.05, 3.63) is 36.4 Å². The van der Waals surface area contributed by atoms with Crippen LogP contribution in [0.1, 0.15) is 5.56 Å². The van der Waals surface area contributed by atoms with Crippen molar-refractivity contribution in [3.63, 3.8) is 0 Å². The number of hydrogen-bond donors (Lipinski definition) is 0. The summed E-state index contributed by atoms with van der Waals surface area (Å²) < 4.78 is 5.41. The molecular formula is C17H21N3O2S. The molecule has 1 aromatic rings. The quantitative estimate of drug-likeness (QED) is 0.623. The number of amides is 1. The van der Waals surface area contributed by atoms with E-state index in [4.69, 9.17) is 17.0 Å². The van der Waals surface area contributed by atoms with Gasteiger partial charge in [0.25, 0.3) is 0 Å². The Balaban J connectivity index is 1.81. The van der Waals surface area contributed by atoms with E-state index in [2.05, 4.69) is 30.5 Å². The van der Waals surface area contributed by atoms with Gasteiger partial charge in [0.15, 0.2) is 5.11 Å². The molecule has 0 radical (unpaired) electrons. The highest BCUT2D eigenvalue weighted by molar-refractivity contribution is 7.80. The van der Waals surface area contributed by atoms with Crippen LogP contribution >= 0.6 is 12.2 Å². The standard InChI is InChI=1S/C17H21N3O2S/c1-3-6-19-16(21)12-20(17(19)23)14-4-5-15(13(2)11-14)18-7-9-22-10-8-18/h3-5,11H,1,6-10,12H2,2H3. The number of benzene rings is 1. The molecule has 0 saturated carbocycles. The summed E-state index contributed by atoms with van der Waals surface area (Å²) in [5.41, 5.74) is 3.36. The highest BCUT2D eigenvalue weighted by Crippen LogP contribution is 2.28. The van der Waals surface area contributed by atoms with Crippen LogP contribution in [0.2, 0.25) is 0 Å². The second-order valence-electron chi connectivity index (χ2n) is 5.73. The lowest BCUT2D eigenvalue weighted by atomic mass is 10.1. The summed E-state index contributed by atoms with van der Waals surface area (Å²) in [6.07, 6.45) is 1.69. The second-order valence-corrected chi connectivity index (χ2v) is 6.10. The lowest BCUT2D eigenvalue weighted by Gasteiger charge is -2.30. The first kappa shape index (κ1) is 16.0. The van der Waals surface area contributed by atoms with Crippen LogP contribution in [0, 0.1) is 6.92 Å². The van der Waals surface area contributed by atoms with Crippen molar-refractivity contribution in [1.82, 2.24) is 4.90 Å². The van der Waals surface area contributed by atoms with Gasteiger partial charge in [-0.05, 0) is 42.9 Å². The van der Waals surface area contributed by atoms with Crippen LogP contribution in [0.3, 0.4) is 0 Å². The SMILES string of the molecule is C=CCN1C(=O)CN(c2ccc(N3CCOCC3)c(C)c2)C1=S. The Kier molecular flexibility index (Phi) is 4.63. The molecule has 0 aromatic heterocycles. The predicted molar refractivity (Wildman–Crippen MR) is 96.1 cm³/mol. The summed E-state index contributed by atoms with van der Waals surface area (Å²) >= 11 is 5.44.